The number of carbonyl (C=O) groups excluding carboxylic acids is 2. The minimum absolute atomic E-state index is 0.00621. The molecule has 0 aromatic rings. The van der Waals surface area contributed by atoms with Crippen LogP contribution in [0.5, 0.6) is 0 Å². The van der Waals surface area contributed by atoms with E-state index < -0.39 is 23.4 Å². The second kappa shape index (κ2) is 6.25. The second-order valence-corrected chi connectivity index (χ2v) is 8.71. The number of aliphatic carboxylic acids is 1. The van der Waals surface area contributed by atoms with Crippen molar-refractivity contribution in [3.63, 3.8) is 0 Å². The molecule has 2 saturated carbocycles. The van der Waals surface area contributed by atoms with Gasteiger partial charge in [-0.15, -0.1) is 0 Å². The van der Waals surface area contributed by atoms with E-state index in [9.17, 15) is 24.6 Å². The molecule has 0 unspecified atom stereocenters. The van der Waals surface area contributed by atoms with Crippen LogP contribution in [0.2, 0.25) is 0 Å². The SMILES string of the molecule is CC(=O)[C@@]1(C)CC[C@H]2C[C@@](C)(C(=O)CO)CC[C@]2(C)[C@H]1CC(=O)O. The highest BCUT2D eigenvalue weighted by molar-refractivity contribution is 5.86. The Kier molecular flexibility index (Phi) is 4.97. The predicted octanol–water partition coefficient (Wildman–Crippen LogP) is 2.84. The van der Waals surface area contributed by atoms with Crippen LogP contribution in [-0.4, -0.2) is 34.4 Å². The summed E-state index contributed by atoms with van der Waals surface area (Å²) in [7, 11) is 0. The van der Waals surface area contributed by atoms with E-state index in [-0.39, 0.29) is 35.2 Å². The Hall–Kier alpha value is -1.23. The van der Waals surface area contributed by atoms with Crippen LogP contribution in [0.1, 0.15) is 66.2 Å². The summed E-state index contributed by atoms with van der Waals surface area (Å²) in [5.74, 6) is -0.933. The summed E-state index contributed by atoms with van der Waals surface area (Å²) in [6.45, 7) is 7.06. The maximum absolute atomic E-state index is 12.3. The Labute approximate surface area is 143 Å². The molecular formula is C19H30O5. The quantitative estimate of drug-likeness (QED) is 0.804. The zero-order valence-electron chi connectivity index (χ0n) is 15.2. The van der Waals surface area contributed by atoms with Gasteiger partial charge in [-0.25, -0.2) is 0 Å². The lowest BCUT2D eigenvalue weighted by atomic mass is 9.44. The van der Waals surface area contributed by atoms with Crippen molar-refractivity contribution in [2.24, 2.45) is 28.1 Å². The van der Waals surface area contributed by atoms with Gasteiger partial charge in [0.15, 0.2) is 5.78 Å². The van der Waals surface area contributed by atoms with Crippen molar-refractivity contribution in [3.8, 4) is 0 Å². The first kappa shape index (κ1) is 19.1. The minimum Gasteiger partial charge on any atom is -0.481 e. The number of carbonyl (C=O) groups is 3. The molecule has 0 aromatic carbocycles. The van der Waals surface area contributed by atoms with E-state index in [2.05, 4.69) is 6.92 Å². The van der Waals surface area contributed by atoms with Gasteiger partial charge in [-0.3, -0.25) is 14.4 Å². The molecule has 24 heavy (non-hydrogen) atoms. The molecule has 5 nitrogen and oxygen atoms in total. The Bertz CT molecular complexity index is 556. The average Bonchev–Trinajstić information content (AvgIpc) is 2.51. The van der Waals surface area contributed by atoms with Crippen LogP contribution >= 0.6 is 0 Å². The molecule has 0 radical (unpaired) electrons. The Morgan fingerprint density at radius 1 is 1.08 bits per heavy atom. The lowest BCUT2D eigenvalue weighted by Gasteiger charge is -2.59. The summed E-state index contributed by atoms with van der Waals surface area (Å²) in [4.78, 5) is 36.0. The van der Waals surface area contributed by atoms with Crippen LogP contribution in [0.3, 0.4) is 0 Å². The van der Waals surface area contributed by atoms with Crippen molar-refractivity contribution in [2.75, 3.05) is 6.61 Å². The van der Waals surface area contributed by atoms with E-state index in [1.54, 1.807) is 6.92 Å². The number of aliphatic hydroxyl groups is 1. The fourth-order valence-electron chi connectivity index (χ4n) is 5.39. The molecule has 5 atom stereocenters. The summed E-state index contributed by atoms with van der Waals surface area (Å²) in [6, 6.07) is 0. The number of carboxylic acid groups (broad SMARTS) is 1. The van der Waals surface area contributed by atoms with Crippen molar-refractivity contribution < 1.29 is 24.6 Å². The third kappa shape index (κ3) is 2.92. The average molecular weight is 338 g/mol. The predicted molar refractivity (Wildman–Crippen MR) is 89.4 cm³/mol. The Morgan fingerprint density at radius 3 is 2.21 bits per heavy atom. The molecule has 136 valence electrons. The van der Waals surface area contributed by atoms with E-state index in [4.69, 9.17) is 0 Å². The van der Waals surface area contributed by atoms with Crippen molar-refractivity contribution in [1.82, 2.24) is 0 Å². The normalized spacial score (nSPS) is 42.2. The largest absolute Gasteiger partial charge is 0.481 e. The fraction of sp³-hybridized carbons (Fsp3) is 0.842. The molecule has 2 N–H and O–H groups in total. The summed E-state index contributed by atoms with van der Waals surface area (Å²) < 4.78 is 0. The van der Waals surface area contributed by atoms with Crippen molar-refractivity contribution in [2.45, 2.75) is 66.2 Å². The molecule has 2 rings (SSSR count). The number of hydrogen-bond donors (Lipinski definition) is 2. The molecule has 0 aromatic heterocycles. The number of Topliss-reactive ketones (excluding diaryl/α,β-unsaturated/α-hetero) is 2. The number of ketones is 2. The van der Waals surface area contributed by atoms with Crippen molar-refractivity contribution in [1.29, 1.82) is 0 Å². The van der Waals surface area contributed by atoms with Gasteiger partial charge in [0, 0.05) is 17.3 Å². The molecule has 0 heterocycles. The van der Waals surface area contributed by atoms with Gasteiger partial charge in [-0.1, -0.05) is 20.8 Å². The topological polar surface area (TPSA) is 91.7 Å². The molecule has 0 saturated heterocycles. The first-order valence-corrected chi connectivity index (χ1v) is 8.86. The van der Waals surface area contributed by atoms with Gasteiger partial charge >= 0.3 is 5.97 Å². The number of rotatable bonds is 5. The molecule has 2 aliphatic carbocycles. The molecule has 0 bridgehead atoms. The van der Waals surface area contributed by atoms with Gasteiger partial charge in [0.1, 0.15) is 12.4 Å². The smallest absolute Gasteiger partial charge is 0.303 e. The first-order valence-electron chi connectivity index (χ1n) is 8.86. The van der Waals surface area contributed by atoms with Gasteiger partial charge in [0.05, 0.1) is 0 Å². The van der Waals surface area contributed by atoms with E-state index in [1.807, 2.05) is 13.8 Å². The molecule has 5 heteroatoms. The van der Waals surface area contributed by atoms with Crippen LogP contribution < -0.4 is 0 Å². The van der Waals surface area contributed by atoms with Crippen LogP contribution in [-0.2, 0) is 14.4 Å². The lowest BCUT2D eigenvalue weighted by Crippen LogP contribution is -2.56. The number of carboxylic acids is 1. The van der Waals surface area contributed by atoms with E-state index >= 15 is 0 Å². The highest BCUT2D eigenvalue weighted by Gasteiger charge is 2.59. The summed E-state index contributed by atoms with van der Waals surface area (Å²) in [5.41, 5.74) is -1.40. The molecule has 2 fully saturated rings. The monoisotopic (exact) mass is 338 g/mol. The van der Waals surface area contributed by atoms with Gasteiger partial charge in [0.2, 0.25) is 0 Å². The number of aliphatic hydroxyl groups excluding tert-OH is 1. The zero-order chi connectivity index (χ0) is 18.3. The number of fused-ring (bicyclic) bond motifs is 1. The Morgan fingerprint density at radius 2 is 1.71 bits per heavy atom. The van der Waals surface area contributed by atoms with E-state index in [1.165, 1.54) is 0 Å². The van der Waals surface area contributed by atoms with Crippen LogP contribution in [0.15, 0.2) is 0 Å². The standard InChI is InChI=1S/C19H30O5/c1-12(21)18(3)6-5-13-10-17(2,15(22)11-20)7-8-19(13,4)14(18)9-16(23)24/h13-14,20H,5-11H2,1-4H3,(H,23,24)/t13-,14-,17-,18+,19-/m0/s1. The lowest BCUT2D eigenvalue weighted by molar-refractivity contribution is -0.162. The van der Waals surface area contributed by atoms with Gasteiger partial charge in [-0.05, 0) is 56.3 Å². The second-order valence-electron chi connectivity index (χ2n) is 8.71. The molecule has 2 aliphatic rings. The third-order valence-electron chi connectivity index (χ3n) is 7.42. The summed E-state index contributed by atoms with van der Waals surface area (Å²) in [6.07, 6.45) is 3.53. The van der Waals surface area contributed by atoms with E-state index in [0.29, 0.717) is 19.3 Å². The van der Waals surface area contributed by atoms with Gasteiger partial charge in [-0.2, -0.15) is 0 Å². The van der Waals surface area contributed by atoms with E-state index in [0.717, 1.165) is 12.8 Å². The minimum atomic E-state index is -0.867. The molecule has 0 aliphatic heterocycles. The van der Waals surface area contributed by atoms with Crippen LogP contribution in [0.25, 0.3) is 0 Å². The maximum atomic E-state index is 12.3. The van der Waals surface area contributed by atoms with Crippen LogP contribution in [0.4, 0.5) is 0 Å². The first-order chi connectivity index (χ1) is 11.0. The molecule has 0 spiro atoms. The maximum Gasteiger partial charge on any atom is 0.303 e. The summed E-state index contributed by atoms with van der Waals surface area (Å²) in [5, 5.41) is 18.7. The molecular weight excluding hydrogens is 308 g/mol. The number of hydrogen-bond acceptors (Lipinski definition) is 4. The van der Waals surface area contributed by atoms with Gasteiger partial charge in [0.25, 0.3) is 0 Å². The third-order valence-corrected chi connectivity index (χ3v) is 7.42. The fourth-order valence-corrected chi connectivity index (χ4v) is 5.39. The van der Waals surface area contributed by atoms with Crippen LogP contribution in [0, 0.1) is 28.1 Å². The molecule has 0 amide bonds. The van der Waals surface area contributed by atoms with Gasteiger partial charge < -0.3 is 10.2 Å². The van der Waals surface area contributed by atoms with Crippen molar-refractivity contribution in [3.05, 3.63) is 0 Å². The Balaban J connectivity index is 2.38. The van der Waals surface area contributed by atoms with Crippen molar-refractivity contribution >= 4 is 17.5 Å². The zero-order valence-corrected chi connectivity index (χ0v) is 15.2. The highest BCUT2D eigenvalue weighted by atomic mass is 16.4. The highest BCUT2D eigenvalue weighted by Crippen LogP contribution is 2.63. The summed E-state index contributed by atoms with van der Waals surface area (Å²) >= 11 is 0.